The molecule has 2 atom stereocenters. The summed E-state index contributed by atoms with van der Waals surface area (Å²) in [5.74, 6) is -6.15. The average Bonchev–Trinajstić information content (AvgIpc) is 2.99. The Morgan fingerprint density at radius 1 is 1.24 bits per heavy atom. The number of rotatable bonds is 7. The number of sulfonamides is 1. The van der Waals surface area contributed by atoms with Crippen LogP contribution in [0.5, 0.6) is 0 Å². The number of aliphatic carboxylic acids is 1. The second-order valence-electron chi connectivity index (χ2n) is 5.76. The van der Waals surface area contributed by atoms with Crippen molar-refractivity contribution in [1.82, 2.24) is 4.31 Å². The summed E-state index contributed by atoms with van der Waals surface area (Å²) in [5.41, 5.74) is 0.837. The topological polar surface area (TPSA) is 83.9 Å². The number of carbonyl (C=O) groups is 1. The number of hydrogen-bond donors (Lipinski definition) is 1. The summed E-state index contributed by atoms with van der Waals surface area (Å²) in [6.07, 6.45) is -4.77. The van der Waals surface area contributed by atoms with Gasteiger partial charge >= 0.3 is 12.1 Å². The van der Waals surface area contributed by atoms with Gasteiger partial charge in [0.2, 0.25) is 10.0 Å². The summed E-state index contributed by atoms with van der Waals surface area (Å²) in [4.78, 5) is 11.0. The molecule has 140 valence electrons. The summed E-state index contributed by atoms with van der Waals surface area (Å²) in [6.45, 7) is -1.57. The van der Waals surface area contributed by atoms with Crippen LogP contribution >= 0.6 is 0 Å². The highest BCUT2D eigenvalue weighted by atomic mass is 32.2. The molecule has 0 saturated carbocycles. The third-order valence-electron chi connectivity index (χ3n) is 4.01. The first kappa shape index (κ1) is 19.7. The summed E-state index contributed by atoms with van der Waals surface area (Å²) in [7, 11) is -4.03. The minimum atomic E-state index is -4.77. The summed E-state index contributed by atoms with van der Waals surface area (Å²) in [5, 5.41) is 8.92. The molecular formula is C15H18F3NO5S. The third-order valence-corrected chi connectivity index (χ3v) is 5.78. The second-order valence-corrected chi connectivity index (χ2v) is 7.85. The highest BCUT2D eigenvalue weighted by Gasteiger charge is 2.54. The molecule has 6 nitrogen and oxygen atoms in total. The van der Waals surface area contributed by atoms with Gasteiger partial charge in [0.1, 0.15) is 0 Å². The average molecular weight is 381 g/mol. The Kier molecular flexibility index (Phi) is 6.07. The molecule has 0 bridgehead atoms. The minimum absolute atomic E-state index is 0.180. The number of alkyl halides is 3. The normalized spacial score (nSPS) is 22.2. The molecule has 0 amide bonds. The van der Waals surface area contributed by atoms with Gasteiger partial charge in [-0.1, -0.05) is 30.3 Å². The molecule has 1 aliphatic heterocycles. The Morgan fingerprint density at radius 3 is 2.40 bits per heavy atom. The number of carboxylic acid groups (broad SMARTS) is 1. The van der Waals surface area contributed by atoms with Crippen LogP contribution in [0.15, 0.2) is 30.3 Å². The highest BCUT2D eigenvalue weighted by molar-refractivity contribution is 7.89. The Labute approximate surface area is 143 Å². The van der Waals surface area contributed by atoms with Gasteiger partial charge in [-0.25, -0.2) is 12.7 Å². The van der Waals surface area contributed by atoms with Crippen molar-refractivity contribution in [2.24, 2.45) is 11.8 Å². The van der Waals surface area contributed by atoms with Crippen molar-refractivity contribution >= 4 is 16.0 Å². The molecule has 1 aliphatic rings. The molecule has 2 rings (SSSR count). The molecule has 10 heteroatoms. The van der Waals surface area contributed by atoms with Crippen LogP contribution in [0, 0.1) is 11.8 Å². The lowest BCUT2D eigenvalue weighted by atomic mass is 9.96. The Hall–Kier alpha value is -1.65. The van der Waals surface area contributed by atoms with Crippen molar-refractivity contribution in [3.05, 3.63) is 35.9 Å². The molecule has 0 aliphatic carbocycles. The van der Waals surface area contributed by atoms with E-state index in [2.05, 4.69) is 0 Å². The fourth-order valence-electron chi connectivity index (χ4n) is 2.63. The van der Waals surface area contributed by atoms with Gasteiger partial charge in [-0.2, -0.15) is 13.2 Å². The largest absolute Gasteiger partial charge is 0.481 e. The molecule has 1 aromatic carbocycles. The summed E-state index contributed by atoms with van der Waals surface area (Å²) in [6, 6.07) is 8.99. The lowest BCUT2D eigenvalue weighted by molar-refractivity contribution is -0.187. The van der Waals surface area contributed by atoms with Crippen LogP contribution in [0.4, 0.5) is 13.2 Å². The first-order valence-corrected chi connectivity index (χ1v) is 9.11. The minimum Gasteiger partial charge on any atom is -0.481 e. The monoisotopic (exact) mass is 381 g/mol. The Bertz CT molecular complexity index is 693. The molecule has 0 radical (unpaired) electrons. The molecule has 1 N–H and O–H groups in total. The number of ether oxygens (including phenoxy) is 1. The summed E-state index contributed by atoms with van der Waals surface area (Å²) < 4.78 is 68.9. The number of benzene rings is 1. The van der Waals surface area contributed by atoms with Crippen LogP contribution in [0.25, 0.3) is 0 Å². The molecule has 1 saturated heterocycles. The lowest BCUT2D eigenvalue weighted by Gasteiger charge is -2.18. The van der Waals surface area contributed by atoms with E-state index in [0.29, 0.717) is 4.31 Å². The van der Waals surface area contributed by atoms with E-state index in [-0.39, 0.29) is 13.2 Å². The number of nitrogens with zero attached hydrogens (tertiary/aromatic N) is 1. The molecule has 0 unspecified atom stereocenters. The van der Waals surface area contributed by atoms with Gasteiger partial charge in [-0.15, -0.1) is 0 Å². The van der Waals surface area contributed by atoms with Gasteiger partial charge in [-0.05, 0) is 5.56 Å². The first-order chi connectivity index (χ1) is 11.6. The van der Waals surface area contributed by atoms with E-state index in [0.717, 1.165) is 5.56 Å². The van der Waals surface area contributed by atoms with Gasteiger partial charge < -0.3 is 9.84 Å². The zero-order chi connectivity index (χ0) is 18.7. The number of carboxylic acids is 1. The molecular weight excluding hydrogens is 363 g/mol. The quantitative estimate of drug-likeness (QED) is 0.728. The highest BCUT2D eigenvalue weighted by Crippen LogP contribution is 2.38. The van der Waals surface area contributed by atoms with Gasteiger partial charge in [0.05, 0.1) is 30.8 Å². The van der Waals surface area contributed by atoms with Crippen molar-refractivity contribution < 1.29 is 36.2 Å². The predicted octanol–water partition coefficient (Wildman–Crippen LogP) is 1.73. The standard InChI is InChI=1S/C15H18F3NO5S/c16-15(17,18)13-9-19(8-12(13)14(20)21)25(22,23)7-6-24-10-11-4-2-1-3-5-11/h1-5,12-13H,6-10H2,(H,20,21)/t12-,13-/m1/s1. The van der Waals surface area contributed by atoms with Crippen LogP contribution in [0.2, 0.25) is 0 Å². The molecule has 1 aromatic rings. The molecule has 0 spiro atoms. The molecule has 0 aromatic heterocycles. The van der Waals surface area contributed by atoms with Crippen LogP contribution in [-0.2, 0) is 26.2 Å². The van der Waals surface area contributed by atoms with E-state index >= 15 is 0 Å². The third kappa shape index (κ3) is 5.16. The summed E-state index contributed by atoms with van der Waals surface area (Å²) >= 11 is 0. The number of halogens is 3. The predicted molar refractivity (Wildman–Crippen MR) is 82.1 cm³/mol. The molecule has 25 heavy (non-hydrogen) atoms. The Balaban J connectivity index is 1.92. The second kappa shape index (κ2) is 7.71. The Morgan fingerprint density at radius 2 is 1.88 bits per heavy atom. The van der Waals surface area contributed by atoms with E-state index in [1.807, 2.05) is 6.07 Å². The van der Waals surface area contributed by atoms with E-state index in [4.69, 9.17) is 9.84 Å². The van der Waals surface area contributed by atoms with E-state index in [1.54, 1.807) is 24.3 Å². The van der Waals surface area contributed by atoms with E-state index < -0.39 is 52.8 Å². The fourth-order valence-corrected chi connectivity index (χ4v) is 4.00. The molecule has 1 heterocycles. The zero-order valence-corrected chi connectivity index (χ0v) is 14.0. The SMILES string of the molecule is O=C(O)[C@@H]1CN(S(=O)(=O)CCOCc2ccccc2)C[C@H]1C(F)(F)F. The van der Waals surface area contributed by atoms with Crippen molar-refractivity contribution in [3.63, 3.8) is 0 Å². The lowest BCUT2D eigenvalue weighted by Crippen LogP contribution is -2.35. The van der Waals surface area contributed by atoms with Crippen molar-refractivity contribution in [2.45, 2.75) is 12.8 Å². The van der Waals surface area contributed by atoms with Crippen molar-refractivity contribution in [3.8, 4) is 0 Å². The maximum Gasteiger partial charge on any atom is 0.393 e. The maximum atomic E-state index is 12.9. The van der Waals surface area contributed by atoms with Crippen LogP contribution in [0.1, 0.15) is 5.56 Å². The van der Waals surface area contributed by atoms with Crippen LogP contribution in [-0.4, -0.2) is 55.4 Å². The molecule has 1 fully saturated rings. The van der Waals surface area contributed by atoms with Crippen molar-refractivity contribution in [1.29, 1.82) is 0 Å². The zero-order valence-electron chi connectivity index (χ0n) is 13.1. The van der Waals surface area contributed by atoms with Crippen LogP contribution in [0.3, 0.4) is 0 Å². The van der Waals surface area contributed by atoms with Crippen LogP contribution < -0.4 is 0 Å². The van der Waals surface area contributed by atoms with E-state index in [9.17, 15) is 26.4 Å². The maximum absolute atomic E-state index is 12.9. The van der Waals surface area contributed by atoms with Gasteiger partial charge in [0, 0.05) is 13.1 Å². The van der Waals surface area contributed by atoms with Gasteiger partial charge in [-0.3, -0.25) is 4.79 Å². The van der Waals surface area contributed by atoms with Crippen molar-refractivity contribution in [2.75, 3.05) is 25.4 Å². The number of hydrogen-bond acceptors (Lipinski definition) is 4. The van der Waals surface area contributed by atoms with Gasteiger partial charge in [0.15, 0.2) is 0 Å². The van der Waals surface area contributed by atoms with E-state index in [1.165, 1.54) is 0 Å². The van der Waals surface area contributed by atoms with Gasteiger partial charge in [0.25, 0.3) is 0 Å². The first-order valence-electron chi connectivity index (χ1n) is 7.50. The fraction of sp³-hybridized carbons (Fsp3) is 0.533. The smallest absolute Gasteiger partial charge is 0.393 e.